The van der Waals surface area contributed by atoms with Crippen molar-refractivity contribution in [2.24, 2.45) is 0 Å². The van der Waals surface area contributed by atoms with Crippen LogP contribution in [-0.2, 0) is 9.47 Å². The third kappa shape index (κ3) is 3.88. The van der Waals surface area contributed by atoms with Crippen molar-refractivity contribution in [1.29, 1.82) is 0 Å². The van der Waals surface area contributed by atoms with Crippen molar-refractivity contribution in [1.82, 2.24) is 0 Å². The Labute approximate surface area is 163 Å². The Morgan fingerprint density at radius 1 is 0.724 bits per heavy atom. The van der Waals surface area contributed by atoms with Gasteiger partial charge in [-0.1, -0.05) is 24.3 Å². The van der Waals surface area contributed by atoms with Gasteiger partial charge in [-0.05, 0) is 40.5 Å². The minimum atomic E-state index is -1.54. The van der Waals surface area contributed by atoms with Crippen LogP contribution in [0.25, 0.3) is 22.3 Å². The van der Waals surface area contributed by atoms with Crippen LogP contribution >= 0.6 is 0 Å². The van der Waals surface area contributed by atoms with Crippen molar-refractivity contribution in [2.75, 3.05) is 13.4 Å². The molecule has 1 heterocycles. The van der Waals surface area contributed by atoms with Gasteiger partial charge < -0.3 is 9.47 Å². The van der Waals surface area contributed by atoms with Crippen LogP contribution in [0.15, 0.2) is 48.5 Å². The lowest BCUT2D eigenvalue weighted by molar-refractivity contribution is -0.140. The summed E-state index contributed by atoms with van der Waals surface area (Å²) in [7, 11) is 0. The number of rotatable bonds is 3. The Hall–Kier alpha value is -2.77. The number of benzene rings is 3. The van der Waals surface area contributed by atoms with Gasteiger partial charge in [0.25, 0.3) is 0 Å². The van der Waals surface area contributed by atoms with Crippen LogP contribution in [0.2, 0.25) is 0 Å². The van der Waals surface area contributed by atoms with E-state index < -0.39 is 35.2 Å². The van der Waals surface area contributed by atoms with Gasteiger partial charge >= 0.3 is 0 Å². The van der Waals surface area contributed by atoms with Crippen molar-refractivity contribution < 1.29 is 31.4 Å². The maximum absolute atomic E-state index is 14.7. The second-order valence-corrected chi connectivity index (χ2v) is 6.65. The topological polar surface area (TPSA) is 18.5 Å². The summed E-state index contributed by atoms with van der Waals surface area (Å²) in [6, 6.07) is 9.93. The Kier molecular flexibility index (Phi) is 5.34. The van der Waals surface area contributed by atoms with Crippen molar-refractivity contribution in [3.63, 3.8) is 0 Å². The Morgan fingerprint density at radius 2 is 1.38 bits per heavy atom. The zero-order chi connectivity index (χ0) is 20.5. The Morgan fingerprint density at radius 3 is 2.00 bits per heavy atom. The van der Waals surface area contributed by atoms with Gasteiger partial charge in [-0.2, -0.15) is 0 Å². The summed E-state index contributed by atoms with van der Waals surface area (Å²) in [6.07, 6.45) is -0.0776. The standard InChI is InChI=1S/C22H15F5O2/c23-15-9-16(20-5-6-28-11-29-20)21(17(24)10-15)13-3-1-12(2-4-13)14-7-18(25)22(27)19(26)8-14/h1-4,7-10,20H,5-6,11H2. The van der Waals surface area contributed by atoms with Gasteiger partial charge in [-0.3, -0.25) is 0 Å². The molecule has 1 saturated heterocycles. The van der Waals surface area contributed by atoms with Gasteiger partial charge in [0, 0.05) is 18.1 Å². The Bertz CT molecular complexity index is 1020. The van der Waals surface area contributed by atoms with E-state index in [0.717, 1.165) is 18.2 Å². The average Bonchev–Trinajstić information content (AvgIpc) is 2.72. The van der Waals surface area contributed by atoms with E-state index in [1.807, 2.05) is 0 Å². The molecule has 0 N–H and O–H groups in total. The van der Waals surface area contributed by atoms with Crippen LogP contribution in [0.5, 0.6) is 0 Å². The number of hydrogen-bond acceptors (Lipinski definition) is 2. The highest BCUT2D eigenvalue weighted by Crippen LogP contribution is 2.37. The van der Waals surface area contributed by atoms with Crippen LogP contribution in [0, 0.1) is 29.1 Å². The molecular formula is C22H15F5O2. The molecule has 150 valence electrons. The van der Waals surface area contributed by atoms with Gasteiger partial charge in [0.2, 0.25) is 0 Å². The molecule has 1 fully saturated rings. The molecule has 4 rings (SSSR count). The SMILES string of the molecule is Fc1cc(F)c(-c2ccc(-c3cc(F)c(F)c(F)c3)cc2)c(C2CCOCO2)c1. The molecular weight excluding hydrogens is 391 g/mol. The maximum atomic E-state index is 14.7. The Balaban J connectivity index is 1.74. The molecule has 3 aromatic rings. The molecule has 7 heteroatoms. The van der Waals surface area contributed by atoms with Crippen LogP contribution in [0.1, 0.15) is 18.1 Å². The van der Waals surface area contributed by atoms with Crippen LogP contribution in [0.3, 0.4) is 0 Å². The third-order valence-corrected chi connectivity index (χ3v) is 4.80. The van der Waals surface area contributed by atoms with Crippen LogP contribution < -0.4 is 0 Å². The summed E-state index contributed by atoms with van der Waals surface area (Å²) in [6.45, 7) is 0.436. The zero-order valence-corrected chi connectivity index (χ0v) is 15.0. The minimum Gasteiger partial charge on any atom is -0.355 e. The van der Waals surface area contributed by atoms with E-state index in [4.69, 9.17) is 9.47 Å². The third-order valence-electron chi connectivity index (χ3n) is 4.80. The van der Waals surface area contributed by atoms with E-state index in [9.17, 15) is 22.0 Å². The molecule has 0 aromatic heterocycles. The van der Waals surface area contributed by atoms with Crippen molar-refractivity contribution in [2.45, 2.75) is 12.5 Å². The van der Waals surface area contributed by atoms with Gasteiger partial charge in [-0.25, -0.2) is 22.0 Å². The van der Waals surface area contributed by atoms with E-state index in [1.54, 1.807) is 12.1 Å². The molecule has 1 aliphatic rings. The predicted molar refractivity (Wildman–Crippen MR) is 96.4 cm³/mol. The molecule has 3 aromatic carbocycles. The molecule has 0 spiro atoms. The van der Waals surface area contributed by atoms with E-state index in [0.29, 0.717) is 29.7 Å². The highest BCUT2D eigenvalue weighted by atomic mass is 19.2. The lowest BCUT2D eigenvalue weighted by Gasteiger charge is -2.25. The van der Waals surface area contributed by atoms with Gasteiger partial charge in [0.1, 0.15) is 18.4 Å². The predicted octanol–water partition coefficient (Wildman–Crippen LogP) is 6.15. The first-order chi connectivity index (χ1) is 13.9. The monoisotopic (exact) mass is 406 g/mol. The smallest absolute Gasteiger partial charge is 0.194 e. The van der Waals surface area contributed by atoms with Crippen molar-refractivity contribution >= 4 is 0 Å². The first-order valence-corrected chi connectivity index (χ1v) is 8.87. The van der Waals surface area contributed by atoms with E-state index in [1.165, 1.54) is 18.2 Å². The largest absolute Gasteiger partial charge is 0.355 e. The zero-order valence-electron chi connectivity index (χ0n) is 15.0. The summed E-state index contributed by atoms with van der Waals surface area (Å²) < 4.78 is 79.3. The van der Waals surface area contributed by atoms with Gasteiger partial charge in [-0.15, -0.1) is 0 Å². The quantitative estimate of drug-likeness (QED) is 0.384. The van der Waals surface area contributed by atoms with Crippen molar-refractivity contribution in [3.05, 3.63) is 83.2 Å². The highest BCUT2D eigenvalue weighted by molar-refractivity contribution is 5.73. The lowest BCUT2D eigenvalue weighted by Crippen LogP contribution is -2.18. The van der Waals surface area contributed by atoms with E-state index in [2.05, 4.69) is 0 Å². The molecule has 0 radical (unpaired) electrons. The van der Waals surface area contributed by atoms with Crippen LogP contribution in [0.4, 0.5) is 22.0 Å². The molecule has 0 bridgehead atoms. The summed E-state index contributed by atoms with van der Waals surface area (Å²) in [5, 5.41) is 0. The average molecular weight is 406 g/mol. The van der Waals surface area contributed by atoms with Gasteiger partial charge in [0.05, 0.1) is 12.7 Å². The first-order valence-electron chi connectivity index (χ1n) is 8.87. The molecule has 2 nitrogen and oxygen atoms in total. The normalized spacial score (nSPS) is 16.8. The summed E-state index contributed by atoms with van der Waals surface area (Å²) in [5.74, 6) is -5.60. The number of hydrogen-bond donors (Lipinski definition) is 0. The molecule has 1 unspecified atom stereocenters. The molecule has 1 aliphatic heterocycles. The maximum Gasteiger partial charge on any atom is 0.194 e. The summed E-state index contributed by atoms with van der Waals surface area (Å²) >= 11 is 0. The lowest BCUT2D eigenvalue weighted by atomic mass is 9.92. The first kappa shape index (κ1) is 19.5. The second kappa shape index (κ2) is 7.93. The highest BCUT2D eigenvalue weighted by Gasteiger charge is 2.24. The van der Waals surface area contributed by atoms with E-state index in [-0.39, 0.29) is 17.9 Å². The fourth-order valence-corrected chi connectivity index (χ4v) is 3.41. The minimum absolute atomic E-state index is 0.0306. The molecule has 0 amide bonds. The van der Waals surface area contributed by atoms with E-state index >= 15 is 0 Å². The number of halogens is 5. The van der Waals surface area contributed by atoms with Crippen molar-refractivity contribution in [3.8, 4) is 22.3 Å². The molecule has 1 atom stereocenters. The summed E-state index contributed by atoms with van der Waals surface area (Å²) in [5.41, 5.74) is 1.54. The molecule has 0 aliphatic carbocycles. The van der Waals surface area contributed by atoms with Crippen LogP contribution in [-0.4, -0.2) is 13.4 Å². The fourth-order valence-electron chi connectivity index (χ4n) is 3.41. The fraction of sp³-hybridized carbons (Fsp3) is 0.182. The second-order valence-electron chi connectivity index (χ2n) is 6.65. The number of ether oxygens (including phenoxy) is 2. The summed E-state index contributed by atoms with van der Waals surface area (Å²) in [4.78, 5) is 0. The molecule has 0 saturated carbocycles. The molecule has 29 heavy (non-hydrogen) atoms. The van der Waals surface area contributed by atoms with Gasteiger partial charge in [0.15, 0.2) is 17.5 Å².